The summed E-state index contributed by atoms with van der Waals surface area (Å²) in [7, 11) is 0. The zero-order chi connectivity index (χ0) is 10.1. The van der Waals surface area contributed by atoms with E-state index in [0.29, 0.717) is 6.54 Å². The number of aromatic nitrogens is 1. The van der Waals surface area contributed by atoms with Gasteiger partial charge in [-0.15, -0.1) is 0 Å². The van der Waals surface area contributed by atoms with Gasteiger partial charge in [0.1, 0.15) is 0 Å². The van der Waals surface area contributed by atoms with Crippen molar-refractivity contribution in [1.29, 1.82) is 0 Å². The van der Waals surface area contributed by atoms with E-state index in [2.05, 4.69) is 25.8 Å². The first kappa shape index (κ1) is 9.99. The molecule has 0 bridgehead atoms. The van der Waals surface area contributed by atoms with Gasteiger partial charge in [0.2, 0.25) is 5.56 Å². The fourth-order valence-electron chi connectivity index (χ4n) is 1.12. The molecule has 1 aromatic rings. The zero-order valence-electron chi connectivity index (χ0n) is 8.35. The van der Waals surface area contributed by atoms with Gasteiger partial charge in [0.15, 0.2) is 0 Å². The van der Waals surface area contributed by atoms with Crippen LogP contribution in [-0.4, -0.2) is 4.98 Å². The van der Waals surface area contributed by atoms with Gasteiger partial charge in [-0.3, -0.25) is 4.79 Å². The third-order valence-electron chi connectivity index (χ3n) is 1.95. The summed E-state index contributed by atoms with van der Waals surface area (Å²) in [6, 6.07) is 3.48. The van der Waals surface area contributed by atoms with E-state index in [4.69, 9.17) is 5.73 Å². The van der Waals surface area contributed by atoms with Crippen LogP contribution < -0.4 is 11.3 Å². The molecule has 0 amide bonds. The van der Waals surface area contributed by atoms with Crippen LogP contribution in [0.15, 0.2) is 16.9 Å². The maximum atomic E-state index is 11.2. The van der Waals surface area contributed by atoms with E-state index >= 15 is 0 Å². The first-order valence-corrected chi connectivity index (χ1v) is 4.37. The second kappa shape index (κ2) is 3.34. The van der Waals surface area contributed by atoms with Crippen LogP contribution in [0.4, 0.5) is 0 Å². The molecule has 3 nitrogen and oxygen atoms in total. The lowest BCUT2D eigenvalue weighted by Gasteiger charge is -2.18. The lowest BCUT2D eigenvalue weighted by Crippen LogP contribution is -2.20. The Morgan fingerprint density at radius 2 is 2.00 bits per heavy atom. The van der Waals surface area contributed by atoms with Gasteiger partial charge < -0.3 is 10.7 Å². The fourth-order valence-corrected chi connectivity index (χ4v) is 1.12. The van der Waals surface area contributed by atoms with E-state index in [0.717, 1.165) is 11.3 Å². The molecule has 0 radical (unpaired) electrons. The van der Waals surface area contributed by atoms with Crippen molar-refractivity contribution in [3.8, 4) is 0 Å². The van der Waals surface area contributed by atoms with Crippen LogP contribution in [0.2, 0.25) is 0 Å². The largest absolute Gasteiger partial charge is 0.326 e. The number of H-pyrrole nitrogens is 1. The van der Waals surface area contributed by atoms with Crippen LogP contribution in [-0.2, 0) is 12.0 Å². The number of pyridine rings is 1. The van der Waals surface area contributed by atoms with Crippen molar-refractivity contribution in [3.63, 3.8) is 0 Å². The molecule has 0 saturated carbocycles. The Bertz CT molecular complexity index is 347. The summed E-state index contributed by atoms with van der Waals surface area (Å²) in [4.78, 5) is 14.0. The number of hydrogen-bond donors (Lipinski definition) is 2. The second-order valence-electron chi connectivity index (χ2n) is 4.22. The summed E-state index contributed by atoms with van der Waals surface area (Å²) in [5, 5.41) is 0. The van der Waals surface area contributed by atoms with E-state index in [1.807, 2.05) is 6.07 Å². The monoisotopic (exact) mass is 180 g/mol. The van der Waals surface area contributed by atoms with E-state index in [9.17, 15) is 4.79 Å². The highest BCUT2D eigenvalue weighted by Gasteiger charge is 2.14. The molecule has 3 N–H and O–H groups in total. The van der Waals surface area contributed by atoms with Gasteiger partial charge in [0.25, 0.3) is 0 Å². The Morgan fingerprint density at radius 1 is 1.38 bits per heavy atom. The molecule has 1 aromatic heterocycles. The van der Waals surface area contributed by atoms with Gasteiger partial charge >= 0.3 is 0 Å². The SMILES string of the molecule is CC(C)(C)c1cc(CN)cc(=O)[nH]1. The van der Waals surface area contributed by atoms with Crippen molar-refractivity contribution < 1.29 is 0 Å². The molecule has 72 valence electrons. The van der Waals surface area contributed by atoms with Crippen LogP contribution in [0.5, 0.6) is 0 Å². The topological polar surface area (TPSA) is 58.9 Å². The standard InChI is InChI=1S/C10H16N2O/c1-10(2,3)8-4-7(6-11)5-9(13)12-8/h4-5H,6,11H2,1-3H3,(H,12,13). The molecule has 0 aromatic carbocycles. The van der Waals surface area contributed by atoms with Gasteiger partial charge in [-0.05, 0) is 11.6 Å². The summed E-state index contributed by atoms with van der Waals surface area (Å²) in [6.45, 7) is 6.57. The molecule has 0 aliphatic rings. The minimum absolute atomic E-state index is 0.0374. The van der Waals surface area contributed by atoms with Crippen LogP contribution in [0, 0.1) is 0 Å². The maximum absolute atomic E-state index is 11.2. The highest BCUT2D eigenvalue weighted by Crippen LogP contribution is 2.19. The Balaban J connectivity index is 3.24. The second-order valence-corrected chi connectivity index (χ2v) is 4.22. The van der Waals surface area contributed by atoms with E-state index in [-0.39, 0.29) is 11.0 Å². The quantitative estimate of drug-likeness (QED) is 0.680. The van der Waals surface area contributed by atoms with Crippen molar-refractivity contribution in [1.82, 2.24) is 4.98 Å². The lowest BCUT2D eigenvalue weighted by molar-refractivity contribution is 0.565. The summed E-state index contributed by atoms with van der Waals surface area (Å²) in [6.07, 6.45) is 0. The molecule has 1 heterocycles. The molecule has 3 heteroatoms. The Kier molecular flexibility index (Phi) is 2.57. The van der Waals surface area contributed by atoms with Gasteiger partial charge in [0.05, 0.1) is 0 Å². The normalized spacial score (nSPS) is 11.7. The van der Waals surface area contributed by atoms with Crippen molar-refractivity contribution in [2.75, 3.05) is 0 Å². The van der Waals surface area contributed by atoms with E-state index < -0.39 is 0 Å². The molecular weight excluding hydrogens is 164 g/mol. The molecule has 13 heavy (non-hydrogen) atoms. The summed E-state index contributed by atoms with van der Waals surface area (Å²) >= 11 is 0. The number of aromatic amines is 1. The van der Waals surface area contributed by atoms with E-state index in [1.165, 1.54) is 6.07 Å². The average molecular weight is 180 g/mol. The number of nitrogens with one attached hydrogen (secondary N) is 1. The van der Waals surface area contributed by atoms with Crippen LogP contribution in [0.3, 0.4) is 0 Å². The predicted molar refractivity (Wildman–Crippen MR) is 53.7 cm³/mol. The molecule has 0 fully saturated rings. The summed E-state index contributed by atoms with van der Waals surface area (Å²) in [5.74, 6) is 0. The molecule has 0 saturated heterocycles. The number of hydrogen-bond acceptors (Lipinski definition) is 2. The Morgan fingerprint density at radius 3 is 2.46 bits per heavy atom. The fraction of sp³-hybridized carbons (Fsp3) is 0.500. The smallest absolute Gasteiger partial charge is 0.248 e. The third kappa shape index (κ3) is 2.42. The molecular formula is C10H16N2O. The van der Waals surface area contributed by atoms with Gasteiger partial charge in [-0.1, -0.05) is 20.8 Å². The molecule has 0 aliphatic heterocycles. The average Bonchev–Trinajstić information content (AvgIpc) is 2.01. The van der Waals surface area contributed by atoms with Crippen molar-refractivity contribution in [2.45, 2.75) is 32.7 Å². The minimum Gasteiger partial charge on any atom is -0.326 e. The van der Waals surface area contributed by atoms with Crippen LogP contribution in [0.25, 0.3) is 0 Å². The minimum atomic E-state index is -0.0760. The first-order valence-electron chi connectivity index (χ1n) is 4.37. The van der Waals surface area contributed by atoms with Gasteiger partial charge in [-0.2, -0.15) is 0 Å². The third-order valence-corrected chi connectivity index (χ3v) is 1.95. The molecule has 0 unspecified atom stereocenters. The number of rotatable bonds is 1. The van der Waals surface area contributed by atoms with Gasteiger partial charge in [0, 0.05) is 23.7 Å². The Labute approximate surface area is 78.0 Å². The predicted octanol–water partition coefficient (Wildman–Crippen LogP) is 1.13. The number of nitrogens with two attached hydrogens (primary N) is 1. The maximum Gasteiger partial charge on any atom is 0.248 e. The molecule has 0 atom stereocenters. The first-order chi connectivity index (χ1) is 5.93. The zero-order valence-corrected chi connectivity index (χ0v) is 8.35. The van der Waals surface area contributed by atoms with E-state index in [1.54, 1.807) is 0 Å². The molecule has 0 aliphatic carbocycles. The molecule has 0 spiro atoms. The summed E-state index contributed by atoms with van der Waals surface area (Å²) in [5.41, 5.74) is 7.18. The van der Waals surface area contributed by atoms with Crippen LogP contribution in [0.1, 0.15) is 32.0 Å². The Hall–Kier alpha value is -1.09. The highest BCUT2D eigenvalue weighted by molar-refractivity contribution is 5.21. The highest BCUT2D eigenvalue weighted by atomic mass is 16.1. The van der Waals surface area contributed by atoms with Crippen molar-refractivity contribution >= 4 is 0 Å². The van der Waals surface area contributed by atoms with Crippen molar-refractivity contribution in [3.05, 3.63) is 33.7 Å². The van der Waals surface area contributed by atoms with Crippen molar-refractivity contribution in [2.24, 2.45) is 5.73 Å². The van der Waals surface area contributed by atoms with Crippen LogP contribution >= 0.6 is 0 Å². The lowest BCUT2D eigenvalue weighted by atomic mass is 9.91. The summed E-state index contributed by atoms with van der Waals surface area (Å²) < 4.78 is 0. The molecule has 1 rings (SSSR count). The van der Waals surface area contributed by atoms with Gasteiger partial charge in [-0.25, -0.2) is 0 Å².